The predicted molar refractivity (Wildman–Crippen MR) is 81.3 cm³/mol. The molecule has 1 aromatic rings. The molecule has 1 fully saturated rings. The molecule has 0 heterocycles. The Hall–Kier alpha value is -1.26. The highest BCUT2D eigenvalue weighted by molar-refractivity contribution is 6.52. The van der Waals surface area contributed by atoms with E-state index in [-0.39, 0.29) is 17.7 Å². The number of hydrogen-bond acceptors (Lipinski definition) is 2. The molecule has 2 rings (SSSR count). The minimum atomic E-state index is -0.938. The van der Waals surface area contributed by atoms with Crippen molar-refractivity contribution in [2.75, 3.05) is 10.6 Å². The lowest BCUT2D eigenvalue weighted by Crippen LogP contribution is -2.18. The Kier molecular flexibility index (Phi) is 4.25. The van der Waals surface area contributed by atoms with Crippen molar-refractivity contribution < 1.29 is 9.59 Å². The summed E-state index contributed by atoms with van der Waals surface area (Å²) in [5.74, 6) is -0.648. The summed E-state index contributed by atoms with van der Waals surface area (Å²) in [7, 11) is 0. The molecule has 1 aliphatic rings. The first kappa shape index (κ1) is 15.1. The molecule has 6 heteroatoms. The first-order valence-corrected chi connectivity index (χ1v) is 7.18. The molecule has 1 unspecified atom stereocenters. The zero-order valence-corrected chi connectivity index (χ0v) is 12.8. The van der Waals surface area contributed by atoms with Crippen LogP contribution >= 0.6 is 23.2 Å². The van der Waals surface area contributed by atoms with E-state index in [1.54, 1.807) is 19.1 Å². The van der Waals surface area contributed by atoms with E-state index >= 15 is 0 Å². The fraction of sp³-hybridized carbons (Fsp3) is 0.429. The molecule has 0 radical (unpaired) electrons. The molecule has 0 saturated heterocycles. The van der Waals surface area contributed by atoms with E-state index in [0.29, 0.717) is 24.2 Å². The molecule has 1 aromatic carbocycles. The van der Waals surface area contributed by atoms with Crippen molar-refractivity contribution in [3.8, 4) is 0 Å². The third-order valence-corrected chi connectivity index (χ3v) is 4.08. The Morgan fingerprint density at radius 1 is 1.35 bits per heavy atom. The third kappa shape index (κ3) is 3.44. The SMILES string of the molecule is CCC(=O)Nc1ccc(C)c(NC(=O)C2CC2(Cl)Cl)c1. The monoisotopic (exact) mass is 314 g/mol. The van der Waals surface area contributed by atoms with Crippen molar-refractivity contribution in [3.63, 3.8) is 0 Å². The smallest absolute Gasteiger partial charge is 0.230 e. The molecule has 20 heavy (non-hydrogen) atoms. The Bertz CT molecular complexity index is 558. The number of hydrogen-bond donors (Lipinski definition) is 2. The van der Waals surface area contributed by atoms with Crippen LogP contribution in [-0.2, 0) is 9.59 Å². The number of carbonyl (C=O) groups excluding carboxylic acids is 2. The number of carbonyl (C=O) groups is 2. The summed E-state index contributed by atoms with van der Waals surface area (Å²) in [5.41, 5.74) is 2.21. The average molecular weight is 315 g/mol. The molecule has 1 aliphatic carbocycles. The molecule has 2 N–H and O–H groups in total. The van der Waals surface area contributed by atoms with Gasteiger partial charge in [0.15, 0.2) is 0 Å². The zero-order chi connectivity index (χ0) is 14.9. The lowest BCUT2D eigenvalue weighted by molar-refractivity contribution is -0.117. The van der Waals surface area contributed by atoms with Crippen molar-refractivity contribution in [1.29, 1.82) is 0 Å². The highest BCUT2D eigenvalue weighted by Crippen LogP contribution is 2.53. The van der Waals surface area contributed by atoms with Crippen molar-refractivity contribution >= 4 is 46.4 Å². The molecule has 0 aromatic heterocycles. The standard InChI is InChI=1S/C14H16Cl2N2O2/c1-3-12(19)17-9-5-4-8(2)11(6-9)18-13(20)10-7-14(10,15)16/h4-6,10H,3,7H2,1-2H3,(H,17,19)(H,18,20). The number of benzene rings is 1. The molecule has 108 valence electrons. The number of amides is 2. The fourth-order valence-corrected chi connectivity index (χ4v) is 2.31. The molecular formula is C14H16Cl2N2O2. The van der Waals surface area contributed by atoms with Gasteiger partial charge in [0.1, 0.15) is 4.33 Å². The lowest BCUT2D eigenvalue weighted by Gasteiger charge is -2.11. The summed E-state index contributed by atoms with van der Waals surface area (Å²) in [6.07, 6.45) is 0.867. The van der Waals surface area contributed by atoms with Crippen LogP contribution in [0.25, 0.3) is 0 Å². The van der Waals surface area contributed by atoms with Crippen LogP contribution in [0.2, 0.25) is 0 Å². The third-order valence-electron chi connectivity index (χ3n) is 3.24. The quantitative estimate of drug-likeness (QED) is 0.836. The predicted octanol–water partition coefficient (Wildman–Crippen LogP) is 3.48. The second-order valence-corrected chi connectivity index (χ2v) is 6.48. The van der Waals surface area contributed by atoms with E-state index in [4.69, 9.17) is 23.2 Å². The van der Waals surface area contributed by atoms with Crippen molar-refractivity contribution in [2.24, 2.45) is 5.92 Å². The van der Waals surface area contributed by atoms with Gasteiger partial charge in [-0.3, -0.25) is 9.59 Å². The second kappa shape index (κ2) is 5.62. The number of anilines is 2. The van der Waals surface area contributed by atoms with E-state index in [0.717, 1.165) is 5.56 Å². The van der Waals surface area contributed by atoms with Gasteiger partial charge in [0.05, 0.1) is 5.92 Å². The van der Waals surface area contributed by atoms with Crippen LogP contribution in [0.4, 0.5) is 11.4 Å². The van der Waals surface area contributed by atoms with E-state index in [2.05, 4.69) is 10.6 Å². The summed E-state index contributed by atoms with van der Waals surface area (Å²) in [4.78, 5) is 23.3. The van der Waals surface area contributed by atoms with Gasteiger partial charge in [-0.1, -0.05) is 13.0 Å². The van der Waals surface area contributed by atoms with Crippen LogP contribution in [-0.4, -0.2) is 16.1 Å². The van der Waals surface area contributed by atoms with Crippen LogP contribution in [0.5, 0.6) is 0 Å². The molecule has 2 amide bonds. The Balaban J connectivity index is 2.09. The van der Waals surface area contributed by atoms with Gasteiger partial charge in [-0.2, -0.15) is 0 Å². The molecular weight excluding hydrogens is 299 g/mol. The lowest BCUT2D eigenvalue weighted by atomic mass is 10.1. The topological polar surface area (TPSA) is 58.2 Å². The molecule has 0 spiro atoms. The van der Waals surface area contributed by atoms with Crippen LogP contribution in [0.1, 0.15) is 25.3 Å². The summed E-state index contributed by atoms with van der Waals surface area (Å²) >= 11 is 11.7. The highest BCUT2D eigenvalue weighted by Gasteiger charge is 2.56. The van der Waals surface area contributed by atoms with Gasteiger partial charge in [0.2, 0.25) is 11.8 Å². The zero-order valence-electron chi connectivity index (χ0n) is 11.3. The van der Waals surface area contributed by atoms with Crippen LogP contribution in [0.3, 0.4) is 0 Å². The van der Waals surface area contributed by atoms with Crippen molar-refractivity contribution in [3.05, 3.63) is 23.8 Å². The fourth-order valence-electron chi connectivity index (χ4n) is 1.80. The first-order valence-electron chi connectivity index (χ1n) is 6.42. The summed E-state index contributed by atoms with van der Waals surface area (Å²) < 4.78 is -0.938. The van der Waals surface area contributed by atoms with Gasteiger partial charge in [-0.05, 0) is 31.0 Å². The molecule has 1 saturated carbocycles. The van der Waals surface area contributed by atoms with Gasteiger partial charge in [-0.15, -0.1) is 23.2 Å². The van der Waals surface area contributed by atoms with Crippen LogP contribution < -0.4 is 10.6 Å². The largest absolute Gasteiger partial charge is 0.326 e. The molecule has 0 bridgehead atoms. The van der Waals surface area contributed by atoms with E-state index in [1.807, 2.05) is 13.0 Å². The van der Waals surface area contributed by atoms with Gasteiger partial charge < -0.3 is 10.6 Å². The minimum absolute atomic E-state index is 0.0751. The molecule has 4 nitrogen and oxygen atoms in total. The number of aryl methyl sites for hydroxylation is 1. The maximum Gasteiger partial charge on any atom is 0.230 e. The number of rotatable bonds is 4. The Morgan fingerprint density at radius 2 is 2.00 bits per heavy atom. The van der Waals surface area contributed by atoms with E-state index < -0.39 is 4.33 Å². The van der Waals surface area contributed by atoms with Crippen LogP contribution in [0, 0.1) is 12.8 Å². The number of halogens is 2. The normalized spacial score (nSPS) is 19.3. The number of alkyl halides is 2. The second-order valence-electron chi connectivity index (χ2n) is 4.94. The van der Waals surface area contributed by atoms with Crippen molar-refractivity contribution in [1.82, 2.24) is 0 Å². The van der Waals surface area contributed by atoms with E-state index in [9.17, 15) is 9.59 Å². The minimum Gasteiger partial charge on any atom is -0.326 e. The summed E-state index contributed by atoms with van der Waals surface area (Å²) in [5, 5.41) is 5.55. The van der Waals surface area contributed by atoms with Gasteiger partial charge in [0.25, 0.3) is 0 Å². The molecule has 0 aliphatic heterocycles. The van der Waals surface area contributed by atoms with Gasteiger partial charge in [0, 0.05) is 17.8 Å². The van der Waals surface area contributed by atoms with E-state index in [1.165, 1.54) is 0 Å². The molecule has 1 atom stereocenters. The van der Waals surface area contributed by atoms with Gasteiger partial charge in [-0.25, -0.2) is 0 Å². The number of nitrogens with one attached hydrogen (secondary N) is 2. The highest BCUT2D eigenvalue weighted by atomic mass is 35.5. The Morgan fingerprint density at radius 3 is 2.55 bits per heavy atom. The average Bonchev–Trinajstić information content (AvgIpc) is 3.02. The maximum absolute atomic E-state index is 12.0. The summed E-state index contributed by atoms with van der Waals surface area (Å²) in [6.45, 7) is 3.66. The maximum atomic E-state index is 12.0. The first-order chi connectivity index (χ1) is 9.33. The van der Waals surface area contributed by atoms with Crippen molar-refractivity contribution in [2.45, 2.75) is 31.0 Å². The Labute approximate surface area is 127 Å². The summed E-state index contributed by atoms with van der Waals surface area (Å²) in [6, 6.07) is 5.36. The van der Waals surface area contributed by atoms with Crippen LogP contribution in [0.15, 0.2) is 18.2 Å². The van der Waals surface area contributed by atoms with Gasteiger partial charge >= 0.3 is 0 Å².